The van der Waals surface area contributed by atoms with E-state index in [0.29, 0.717) is 23.7 Å². The van der Waals surface area contributed by atoms with Gasteiger partial charge in [-0.15, -0.1) is 0 Å². The molecule has 4 N–H and O–H groups in total. The lowest BCUT2D eigenvalue weighted by atomic mass is 9.96. The second-order valence-electron chi connectivity index (χ2n) is 4.44. The second-order valence-corrected chi connectivity index (χ2v) is 4.44. The number of nitrogens with zero attached hydrogens (tertiary/aromatic N) is 1. The van der Waals surface area contributed by atoms with Gasteiger partial charge in [0.15, 0.2) is 0 Å². The van der Waals surface area contributed by atoms with Gasteiger partial charge in [-0.1, -0.05) is 26.7 Å². The Morgan fingerprint density at radius 1 is 1.39 bits per heavy atom. The third kappa shape index (κ3) is 3.64. The lowest BCUT2D eigenvalue weighted by Crippen LogP contribution is -2.27. The van der Waals surface area contributed by atoms with Gasteiger partial charge in [-0.25, -0.2) is 0 Å². The summed E-state index contributed by atoms with van der Waals surface area (Å²) in [7, 11) is 0. The van der Waals surface area contributed by atoms with Gasteiger partial charge in [0.05, 0.1) is 17.4 Å². The van der Waals surface area contributed by atoms with E-state index in [9.17, 15) is 5.11 Å². The van der Waals surface area contributed by atoms with Crippen LogP contribution in [-0.4, -0.2) is 17.8 Å². The highest BCUT2D eigenvalue weighted by atomic mass is 16.3. The topological polar surface area (TPSA) is 82.1 Å². The van der Waals surface area contributed by atoms with Crippen LogP contribution in [0.1, 0.15) is 32.3 Å². The monoisotopic (exact) mass is 247 g/mol. The summed E-state index contributed by atoms with van der Waals surface area (Å²) in [6.45, 7) is 4.66. The van der Waals surface area contributed by atoms with Gasteiger partial charge in [-0.05, 0) is 24.1 Å². The number of nitrogen functional groups attached to an aromatic ring is 1. The zero-order chi connectivity index (χ0) is 13.5. The van der Waals surface area contributed by atoms with Crippen LogP contribution in [0.3, 0.4) is 0 Å². The van der Waals surface area contributed by atoms with Crippen molar-refractivity contribution in [2.45, 2.75) is 32.8 Å². The van der Waals surface area contributed by atoms with Gasteiger partial charge < -0.3 is 16.2 Å². The molecule has 0 aromatic heterocycles. The Morgan fingerprint density at radius 2 is 2.06 bits per heavy atom. The van der Waals surface area contributed by atoms with Crippen molar-refractivity contribution in [1.82, 2.24) is 0 Å². The van der Waals surface area contributed by atoms with E-state index >= 15 is 0 Å². The molecule has 4 heteroatoms. The average molecular weight is 247 g/mol. The van der Waals surface area contributed by atoms with Crippen LogP contribution in [0, 0.1) is 17.2 Å². The maximum atomic E-state index is 9.99. The Balaban J connectivity index is 2.59. The van der Waals surface area contributed by atoms with Crippen molar-refractivity contribution in [1.29, 1.82) is 5.26 Å². The Morgan fingerprint density at radius 3 is 2.56 bits per heavy atom. The molecule has 0 fully saturated rings. The van der Waals surface area contributed by atoms with Crippen LogP contribution in [0.2, 0.25) is 0 Å². The predicted octanol–water partition coefficient (Wildman–Crippen LogP) is 2.35. The minimum Gasteiger partial charge on any atom is -0.398 e. The van der Waals surface area contributed by atoms with Crippen LogP contribution in [0.15, 0.2) is 18.2 Å². The molecule has 0 bridgehead atoms. The van der Waals surface area contributed by atoms with E-state index in [2.05, 4.69) is 19.2 Å². The fourth-order valence-electron chi connectivity index (χ4n) is 2.00. The van der Waals surface area contributed by atoms with Crippen molar-refractivity contribution in [3.05, 3.63) is 23.8 Å². The molecule has 0 spiro atoms. The largest absolute Gasteiger partial charge is 0.398 e. The molecule has 18 heavy (non-hydrogen) atoms. The van der Waals surface area contributed by atoms with E-state index in [1.54, 1.807) is 18.2 Å². The molecular weight excluding hydrogens is 226 g/mol. The number of nitriles is 1. The zero-order valence-corrected chi connectivity index (χ0v) is 11.0. The molecule has 0 amide bonds. The standard InChI is InChI=1S/C14H21N3O/c1-3-10(4-2)14(18)9-17-12-6-5-11(8-15)13(16)7-12/h5-7,10,14,17-18H,3-4,9,16H2,1-2H3. The Labute approximate surface area is 108 Å². The highest BCUT2D eigenvalue weighted by Gasteiger charge is 2.14. The number of hydrogen-bond acceptors (Lipinski definition) is 4. The number of aliphatic hydroxyl groups is 1. The summed E-state index contributed by atoms with van der Waals surface area (Å²) in [5.74, 6) is 0.313. The molecule has 0 aliphatic heterocycles. The molecule has 0 saturated heterocycles. The molecule has 0 radical (unpaired) electrons. The number of aliphatic hydroxyl groups excluding tert-OH is 1. The van der Waals surface area contributed by atoms with Gasteiger partial charge in [0.2, 0.25) is 0 Å². The van der Waals surface area contributed by atoms with Gasteiger partial charge in [0.1, 0.15) is 6.07 Å². The van der Waals surface area contributed by atoms with Gasteiger partial charge >= 0.3 is 0 Å². The van der Waals surface area contributed by atoms with Gasteiger partial charge in [-0.2, -0.15) is 5.26 Å². The highest BCUT2D eigenvalue weighted by molar-refractivity contribution is 5.62. The molecule has 0 aliphatic carbocycles. The maximum absolute atomic E-state index is 9.99. The van der Waals surface area contributed by atoms with Crippen LogP contribution in [0.25, 0.3) is 0 Å². The maximum Gasteiger partial charge on any atom is 0.101 e. The fraction of sp³-hybridized carbons (Fsp3) is 0.500. The third-order valence-electron chi connectivity index (χ3n) is 3.28. The fourth-order valence-corrected chi connectivity index (χ4v) is 2.00. The zero-order valence-electron chi connectivity index (χ0n) is 11.0. The van der Waals surface area contributed by atoms with Gasteiger partial charge in [-0.3, -0.25) is 0 Å². The molecule has 4 nitrogen and oxygen atoms in total. The van der Waals surface area contributed by atoms with E-state index in [1.165, 1.54) is 0 Å². The SMILES string of the molecule is CCC(CC)C(O)CNc1ccc(C#N)c(N)c1. The van der Waals surface area contributed by atoms with Crippen molar-refractivity contribution in [3.63, 3.8) is 0 Å². The molecule has 1 unspecified atom stereocenters. The summed E-state index contributed by atoms with van der Waals surface area (Å²) < 4.78 is 0. The number of rotatable bonds is 6. The lowest BCUT2D eigenvalue weighted by Gasteiger charge is -2.21. The Kier molecular flexibility index (Phi) is 5.47. The molecule has 0 heterocycles. The minimum atomic E-state index is -0.364. The number of anilines is 2. The van der Waals surface area contributed by atoms with Gasteiger partial charge in [0.25, 0.3) is 0 Å². The molecule has 0 saturated carbocycles. The molecule has 0 aliphatic rings. The quantitative estimate of drug-likeness (QED) is 0.674. The summed E-state index contributed by atoms with van der Waals surface area (Å²) in [5, 5.41) is 21.9. The molecule has 1 rings (SSSR count). The van der Waals surface area contributed by atoms with Gasteiger partial charge in [0, 0.05) is 12.2 Å². The van der Waals surface area contributed by atoms with Crippen LogP contribution < -0.4 is 11.1 Å². The van der Waals surface area contributed by atoms with Crippen LogP contribution >= 0.6 is 0 Å². The van der Waals surface area contributed by atoms with Crippen molar-refractivity contribution in [2.24, 2.45) is 5.92 Å². The first-order valence-corrected chi connectivity index (χ1v) is 6.33. The number of benzene rings is 1. The number of hydrogen-bond donors (Lipinski definition) is 3. The van der Waals surface area contributed by atoms with Crippen molar-refractivity contribution in [3.8, 4) is 6.07 Å². The smallest absolute Gasteiger partial charge is 0.101 e. The number of nitrogens with two attached hydrogens (primary N) is 1. The first-order chi connectivity index (χ1) is 8.62. The Hall–Kier alpha value is -1.73. The molecule has 1 aromatic rings. The molecule has 1 atom stereocenters. The summed E-state index contributed by atoms with van der Waals surface area (Å²) >= 11 is 0. The summed E-state index contributed by atoms with van der Waals surface area (Å²) in [6, 6.07) is 7.22. The Bertz CT molecular complexity index is 422. The van der Waals surface area contributed by atoms with Crippen molar-refractivity contribution < 1.29 is 5.11 Å². The highest BCUT2D eigenvalue weighted by Crippen LogP contribution is 2.18. The van der Waals surface area contributed by atoms with Crippen molar-refractivity contribution >= 4 is 11.4 Å². The molecule has 98 valence electrons. The lowest BCUT2D eigenvalue weighted by molar-refractivity contribution is 0.114. The summed E-state index contributed by atoms with van der Waals surface area (Å²) in [5.41, 5.74) is 7.49. The molecular formula is C14H21N3O. The van der Waals surface area contributed by atoms with Crippen LogP contribution in [0.4, 0.5) is 11.4 Å². The summed E-state index contributed by atoms with van der Waals surface area (Å²) in [4.78, 5) is 0. The predicted molar refractivity (Wildman–Crippen MR) is 74.1 cm³/mol. The van der Waals surface area contributed by atoms with Crippen LogP contribution in [0.5, 0.6) is 0 Å². The van der Waals surface area contributed by atoms with E-state index in [0.717, 1.165) is 18.5 Å². The van der Waals surface area contributed by atoms with Crippen molar-refractivity contribution in [2.75, 3.05) is 17.6 Å². The third-order valence-corrected chi connectivity index (χ3v) is 3.28. The minimum absolute atomic E-state index is 0.313. The normalized spacial score (nSPS) is 12.2. The van der Waals surface area contributed by atoms with E-state index in [4.69, 9.17) is 11.0 Å². The first-order valence-electron chi connectivity index (χ1n) is 6.33. The first kappa shape index (κ1) is 14.3. The second kappa shape index (κ2) is 6.87. The number of nitrogens with one attached hydrogen (secondary N) is 1. The average Bonchev–Trinajstić information content (AvgIpc) is 2.38. The van der Waals surface area contributed by atoms with Crippen LogP contribution in [-0.2, 0) is 0 Å². The summed E-state index contributed by atoms with van der Waals surface area (Å²) in [6.07, 6.45) is 1.57. The molecule has 1 aromatic carbocycles. The van der Waals surface area contributed by atoms with E-state index < -0.39 is 0 Å². The van der Waals surface area contributed by atoms with E-state index in [-0.39, 0.29) is 6.10 Å². The van der Waals surface area contributed by atoms with E-state index in [1.807, 2.05) is 6.07 Å².